The minimum absolute atomic E-state index is 0.0870. The lowest BCUT2D eigenvalue weighted by Gasteiger charge is -2.20. The Kier molecular flexibility index (Phi) is 4.38. The Morgan fingerprint density at radius 2 is 2.11 bits per heavy atom. The lowest BCUT2D eigenvalue weighted by molar-refractivity contribution is -0.157. The van der Waals surface area contributed by atoms with E-state index in [1.54, 1.807) is 0 Å². The summed E-state index contributed by atoms with van der Waals surface area (Å²) in [6, 6.07) is 0. The maximum Gasteiger partial charge on any atom is 0.402 e. The van der Waals surface area contributed by atoms with Crippen molar-refractivity contribution in [2.75, 3.05) is 6.61 Å². The van der Waals surface area contributed by atoms with Gasteiger partial charge in [0.2, 0.25) is 0 Å². The Bertz CT molecular complexity index is 444. The standard InChI is InChI=1S/C9H12F2O6S/c10-9(11,18(14,15)16)5-17-8(13)6-2-1-3-7(12)4-6/h6H,1-5H2,(H,14,15,16)/t6-/m1/s1. The second-order valence-corrected chi connectivity index (χ2v) is 5.60. The molecular weight excluding hydrogens is 274 g/mol. The molecule has 0 saturated heterocycles. The zero-order valence-electron chi connectivity index (χ0n) is 9.27. The number of halogens is 2. The summed E-state index contributed by atoms with van der Waals surface area (Å²) in [4.78, 5) is 22.4. The molecule has 1 aliphatic carbocycles. The number of ketones is 1. The molecule has 1 aliphatic rings. The fourth-order valence-corrected chi connectivity index (χ4v) is 1.78. The number of hydrogen-bond donors (Lipinski definition) is 1. The van der Waals surface area contributed by atoms with Crippen molar-refractivity contribution in [2.45, 2.75) is 30.9 Å². The van der Waals surface area contributed by atoms with Crippen LogP contribution in [-0.2, 0) is 24.4 Å². The van der Waals surface area contributed by atoms with Gasteiger partial charge < -0.3 is 4.74 Å². The average Bonchev–Trinajstić information content (AvgIpc) is 2.24. The zero-order chi connectivity index (χ0) is 14.0. The first-order valence-electron chi connectivity index (χ1n) is 5.16. The van der Waals surface area contributed by atoms with Crippen LogP contribution in [0.3, 0.4) is 0 Å². The van der Waals surface area contributed by atoms with Crippen LogP contribution >= 0.6 is 0 Å². The minimum Gasteiger partial charge on any atom is -0.458 e. The van der Waals surface area contributed by atoms with Crippen molar-refractivity contribution in [2.24, 2.45) is 5.92 Å². The van der Waals surface area contributed by atoms with E-state index in [-0.39, 0.29) is 12.2 Å². The molecule has 0 amide bonds. The normalized spacial score (nSPS) is 21.7. The van der Waals surface area contributed by atoms with Gasteiger partial charge in [-0.05, 0) is 12.8 Å². The number of carbonyl (C=O) groups is 2. The smallest absolute Gasteiger partial charge is 0.402 e. The van der Waals surface area contributed by atoms with Crippen LogP contribution in [0, 0.1) is 5.92 Å². The predicted molar refractivity (Wildman–Crippen MR) is 54.4 cm³/mol. The SMILES string of the molecule is O=C1CCC[C@@H](C(=O)OCC(F)(F)S(=O)(=O)O)C1. The van der Waals surface area contributed by atoms with Gasteiger partial charge in [-0.3, -0.25) is 14.1 Å². The number of esters is 1. The molecule has 1 fully saturated rings. The predicted octanol–water partition coefficient (Wildman–Crippen LogP) is 0.770. The van der Waals surface area contributed by atoms with Gasteiger partial charge in [-0.15, -0.1) is 0 Å². The largest absolute Gasteiger partial charge is 0.458 e. The Morgan fingerprint density at radius 3 is 2.61 bits per heavy atom. The van der Waals surface area contributed by atoms with E-state index in [2.05, 4.69) is 4.74 Å². The fraction of sp³-hybridized carbons (Fsp3) is 0.778. The molecule has 104 valence electrons. The van der Waals surface area contributed by atoms with Gasteiger partial charge in [-0.2, -0.15) is 17.2 Å². The molecule has 0 aromatic rings. The van der Waals surface area contributed by atoms with Gasteiger partial charge in [-0.1, -0.05) is 0 Å². The Labute approximate surface area is 102 Å². The second-order valence-electron chi connectivity index (χ2n) is 4.05. The Hall–Kier alpha value is -1.09. The number of ether oxygens (including phenoxy) is 1. The van der Waals surface area contributed by atoms with Gasteiger partial charge in [0.05, 0.1) is 5.92 Å². The summed E-state index contributed by atoms with van der Waals surface area (Å²) in [5, 5.41) is -4.54. The third kappa shape index (κ3) is 3.70. The monoisotopic (exact) mass is 286 g/mol. The van der Waals surface area contributed by atoms with Gasteiger partial charge in [0, 0.05) is 12.8 Å². The number of alkyl halides is 2. The van der Waals surface area contributed by atoms with Gasteiger partial charge in [0.15, 0.2) is 6.61 Å². The molecule has 1 rings (SSSR count). The van der Waals surface area contributed by atoms with Crippen molar-refractivity contribution in [3.05, 3.63) is 0 Å². The van der Waals surface area contributed by atoms with Crippen LogP contribution in [0.25, 0.3) is 0 Å². The van der Waals surface area contributed by atoms with Gasteiger partial charge in [0.1, 0.15) is 5.78 Å². The van der Waals surface area contributed by atoms with Gasteiger partial charge >= 0.3 is 21.3 Å². The summed E-state index contributed by atoms with van der Waals surface area (Å²) >= 11 is 0. The molecule has 0 spiro atoms. The van der Waals surface area contributed by atoms with E-state index in [9.17, 15) is 26.8 Å². The van der Waals surface area contributed by atoms with E-state index in [0.29, 0.717) is 19.3 Å². The summed E-state index contributed by atoms with van der Waals surface area (Å²) in [5.41, 5.74) is 0. The summed E-state index contributed by atoms with van der Waals surface area (Å²) in [5.74, 6) is -2.03. The molecule has 0 aromatic carbocycles. The molecular formula is C9H12F2O6S. The van der Waals surface area contributed by atoms with E-state index in [4.69, 9.17) is 4.55 Å². The molecule has 0 bridgehead atoms. The highest BCUT2D eigenvalue weighted by molar-refractivity contribution is 7.86. The Morgan fingerprint density at radius 1 is 1.50 bits per heavy atom. The quantitative estimate of drug-likeness (QED) is 0.605. The molecule has 1 N–H and O–H groups in total. The van der Waals surface area contributed by atoms with E-state index in [1.807, 2.05) is 0 Å². The van der Waals surface area contributed by atoms with Gasteiger partial charge in [0.25, 0.3) is 0 Å². The van der Waals surface area contributed by atoms with Crippen molar-refractivity contribution in [1.82, 2.24) is 0 Å². The number of carbonyl (C=O) groups excluding carboxylic acids is 2. The average molecular weight is 286 g/mol. The second kappa shape index (κ2) is 5.27. The molecule has 9 heteroatoms. The van der Waals surface area contributed by atoms with Crippen molar-refractivity contribution in [1.29, 1.82) is 0 Å². The number of rotatable bonds is 4. The molecule has 1 saturated carbocycles. The van der Waals surface area contributed by atoms with Crippen LogP contribution in [0.15, 0.2) is 0 Å². The van der Waals surface area contributed by atoms with E-state index < -0.39 is 33.9 Å². The maximum atomic E-state index is 12.8. The minimum atomic E-state index is -5.62. The molecule has 0 radical (unpaired) electrons. The molecule has 0 heterocycles. The third-order valence-corrected chi connectivity index (χ3v) is 3.45. The first-order chi connectivity index (χ1) is 8.13. The molecule has 0 unspecified atom stereocenters. The summed E-state index contributed by atoms with van der Waals surface area (Å²) < 4.78 is 58.3. The Balaban J connectivity index is 2.54. The van der Waals surface area contributed by atoms with E-state index >= 15 is 0 Å². The van der Waals surface area contributed by atoms with Crippen molar-refractivity contribution in [3.63, 3.8) is 0 Å². The highest BCUT2D eigenvalue weighted by Gasteiger charge is 2.46. The molecule has 0 aromatic heterocycles. The summed E-state index contributed by atoms with van der Waals surface area (Å²) in [6.07, 6.45) is 1.05. The lowest BCUT2D eigenvalue weighted by atomic mass is 9.88. The topological polar surface area (TPSA) is 97.7 Å². The zero-order valence-corrected chi connectivity index (χ0v) is 10.1. The molecule has 1 atom stereocenters. The van der Waals surface area contributed by atoms with Crippen LogP contribution < -0.4 is 0 Å². The number of Topliss-reactive ketones (excluding diaryl/α,β-unsaturated/α-hetero) is 1. The highest BCUT2D eigenvalue weighted by atomic mass is 32.2. The molecule has 18 heavy (non-hydrogen) atoms. The first-order valence-corrected chi connectivity index (χ1v) is 6.60. The van der Waals surface area contributed by atoms with Crippen LogP contribution in [-0.4, -0.2) is 36.6 Å². The van der Waals surface area contributed by atoms with Crippen LogP contribution in [0.5, 0.6) is 0 Å². The van der Waals surface area contributed by atoms with Crippen LogP contribution in [0.2, 0.25) is 0 Å². The van der Waals surface area contributed by atoms with Crippen molar-refractivity contribution in [3.8, 4) is 0 Å². The summed E-state index contributed by atoms with van der Waals surface area (Å²) in [6.45, 7) is -1.75. The van der Waals surface area contributed by atoms with E-state index in [0.717, 1.165) is 0 Å². The third-order valence-electron chi connectivity index (χ3n) is 2.58. The lowest BCUT2D eigenvalue weighted by Crippen LogP contribution is -2.36. The van der Waals surface area contributed by atoms with E-state index in [1.165, 1.54) is 0 Å². The van der Waals surface area contributed by atoms with Crippen molar-refractivity contribution >= 4 is 21.9 Å². The number of hydrogen-bond acceptors (Lipinski definition) is 5. The van der Waals surface area contributed by atoms with Crippen LogP contribution in [0.4, 0.5) is 8.78 Å². The molecule has 0 aliphatic heterocycles. The highest BCUT2D eigenvalue weighted by Crippen LogP contribution is 2.25. The molecule has 6 nitrogen and oxygen atoms in total. The first kappa shape index (κ1) is 15.0. The fourth-order valence-electron chi connectivity index (χ4n) is 1.57. The van der Waals surface area contributed by atoms with Crippen molar-refractivity contribution < 1.29 is 36.1 Å². The summed E-state index contributed by atoms with van der Waals surface area (Å²) in [7, 11) is -5.62. The van der Waals surface area contributed by atoms with Crippen LogP contribution in [0.1, 0.15) is 25.7 Å². The van der Waals surface area contributed by atoms with Gasteiger partial charge in [-0.25, -0.2) is 0 Å². The maximum absolute atomic E-state index is 12.8.